The molecule has 0 aromatic rings. The lowest BCUT2D eigenvalue weighted by Crippen LogP contribution is -2.64. The number of nitriles is 1. The van der Waals surface area contributed by atoms with Gasteiger partial charge in [0.15, 0.2) is 0 Å². The second kappa shape index (κ2) is 3.61. The molecule has 4 nitrogen and oxygen atoms in total. The number of hydrogen-bond donors (Lipinski definition) is 1. The number of ether oxygens (including phenoxy) is 1. The van der Waals surface area contributed by atoms with Gasteiger partial charge in [-0.2, -0.15) is 5.26 Å². The molecule has 0 aliphatic heterocycles. The topological polar surface area (TPSA) is 70.3 Å². The highest BCUT2D eigenvalue weighted by atomic mass is 16.6. The monoisotopic (exact) mass is 261 g/mol. The maximum absolute atomic E-state index is 11.8. The van der Waals surface area contributed by atoms with Gasteiger partial charge in [0.25, 0.3) is 0 Å². The minimum Gasteiger partial charge on any atom is -0.456 e. The lowest BCUT2D eigenvalue weighted by Gasteiger charge is -2.61. The lowest BCUT2D eigenvalue weighted by molar-refractivity contribution is -0.229. The van der Waals surface area contributed by atoms with Gasteiger partial charge in [0, 0.05) is 18.4 Å². The van der Waals surface area contributed by atoms with Gasteiger partial charge in [-0.05, 0) is 38.5 Å². The standard InChI is InChI=1S/C15H19NO3/c1-10(2)12(17)19-15-5-11-3-13(7-15,9-16)6-14(18,4-11)8-15/h11,18H,1,3-8H2,2H3. The van der Waals surface area contributed by atoms with Crippen LogP contribution in [0.1, 0.15) is 45.4 Å². The summed E-state index contributed by atoms with van der Waals surface area (Å²) in [7, 11) is 0. The summed E-state index contributed by atoms with van der Waals surface area (Å²) in [6.07, 6.45) is 3.91. The minimum absolute atomic E-state index is 0.291. The van der Waals surface area contributed by atoms with Crippen molar-refractivity contribution < 1.29 is 14.6 Å². The average molecular weight is 261 g/mol. The second-order valence-electron chi connectivity index (χ2n) is 6.98. The molecule has 4 unspecified atom stereocenters. The Hall–Kier alpha value is -1.34. The molecule has 0 amide bonds. The van der Waals surface area contributed by atoms with E-state index in [-0.39, 0.29) is 0 Å². The van der Waals surface area contributed by atoms with Crippen molar-refractivity contribution in [2.75, 3.05) is 0 Å². The van der Waals surface area contributed by atoms with Gasteiger partial charge >= 0.3 is 5.97 Å². The summed E-state index contributed by atoms with van der Waals surface area (Å²) < 4.78 is 5.65. The number of aliphatic hydroxyl groups is 1. The molecule has 4 bridgehead atoms. The van der Waals surface area contributed by atoms with Crippen molar-refractivity contribution in [3.63, 3.8) is 0 Å². The highest BCUT2D eigenvalue weighted by molar-refractivity contribution is 5.87. The number of carbonyl (C=O) groups excluding carboxylic acids is 1. The third-order valence-electron chi connectivity index (χ3n) is 4.88. The van der Waals surface area contributed by atoms with Crippen molar-refractivity contribution in [3.8, 4) is 6.07 Å². The normalized spacial score (nSPS) is 46.7. The quantitative estimate of drug-likeness (QED) is 0.610. The fourth-order valence-electron chi connectivity index (χ4n) is 4.82. The first-order valence-electron chi connectivity index (χ1n) is 6.82. The third-order valence-corrected chi connectivity index (χ3v) is 4.88. The maximum Gasteiger partial charge on any atom is 0.333 e. The van der Waals surface area contributed by atoms with E-state index in [1.807, 2.05) is 0 Å². The minimum atomic E-state index is -0.829. The van der Waals surface area contributed by atoms with E-state index in [0.717, 1.165) is 19.3 Å². The first kappa shape index (κ1) is 12.7. The van der Waals surface area contributed by atoms with Crippen molar-refractivity contribution in [2.45, 2.75) is 56.7 Å². The summed E-state index contributed by atoms with van der Waals surface area (Å²) in [5, 5.41) is 20.1. The lowest BCUT2D eigenvalue weighted by atomic mass is 9.46. The molecule has 4 aliphatic rings. The predicted molar refractivity (Wildman–Crippen MR) is 67.8 cm³/mol. The smallest absolute Gasteiger partial charge is 0.333 e. The Morgan fingerprint density at radius 1 is 1.37 bits per heavy atom. The summed E-state index contributed by atoms with van der Waals surface area (Å²) in [5.41, 5.74) is -1.62. The molecule has 4 aliphatic carbocycles. The van der Waals surface area contributed by atoms with Crippen LogP contribution < -0.4 is 0 Å². The molecule has 19 heavy (non-hydrogen) atoms. The molecular weight excluding hydrogens is 242 g/mol. The summed E-state index contributed by atoms with van der Waals surface area (Å²) >= 11 is 0. The Morgan fingerprint density at radius 2 is 2.11 bits per heavy atom. The number of hydrogen-bond acceptors (Lipinski definition) is 4. The largest absolute Gasteiger partial charge is 0.456 e. The van der Waals surface area contributed by atoms with Crippen molar-refractivity contribution >= 4 is 5.97 Å². The summed E-state index contributed by atoms with van der Waals surface area (Å²) in [5.74, 6) is -0.113. The number of nitrogens with zero attached hydrogens (tertiary/aromatic N) is 1. The molecule has 4 heteroatoms. The molecule has 0 saturated heterocycles. The molecule has 0 aromatic carbocycles. The van der Waals surface area contributed by atoms with Crippen LogP contribution in [0, 0.1) is 22.7 Å². The van der Waals surface area contributed by atoms with Crippen molar-refractivity contribution in [2.24, 2.45) is 11.3 Å². The van der Waals surface area contributed by atoms with Crippen molar-refractivity contribution in [1.29, 1.82) is 5.26 Å². The molecule has 0 aromatic heterocycles. The van der Waals surface area contributed by atoms with Crippen LogP contribution in [-0.2, 0) is 9.53 Å². The van der Waals surface area contributed by atoms with Gasteiger partial charge < -0.3 is 9.84 Å². The highest BCUT2D eigenvalue weighted by Crippen LogP contribution is 2.64. The van der Waals surface area contributed by atoms with Gasteiger partial charge in [-0.1, -0.05) is 6.58 Å². The summed E-state index contributed by atoms with van der Waals surface area (Å²) in [4.78, 5) is 11.8. The second-order valence-corrected chi connectivity index (χ2v) is 6.98. The van der Waals surface area contributed by atoms with Gasteiger partial charge in [-0.3, -0.25) is 0 Å². The Labute approximate surface area is 113 Å². The van der Waals surface area contributed by atoms with E-state index in [9.17, 15) is 15.2 Å². The molecule has 4 atom stereocenters. The van der Waals surface area contributed by atoms with Crippen LogP contribution in [0.4, 0.5) is 0 Å². The van der Waals surface area contributed by atoms with Crippen LogP contribution in [0.3, 0.4) is 0 Å². The van der Waals surface area contributed by atoms with Crippen molar-refractivity contribution in [3.05, 3.63) is 12.2 Å². The van der Waals surface area contributed by atoms with Gasteiger partial charge in [0.1, 0.15) is 5.60 Å². The molecule has 1 N–H and O–H groups in total. The van der Waals surface area contributed by atoms with Crippen LogP contribution >= 0.6 is 0 Å². The van der Waals surface area contributed by atoms with E-state index in [4.69, 9.17) is 4.74 Å². The average Bonchev–Trinajstić information content (AvgIpc) is 2.24. The Balaban J connectivity index is 1.93. The molecule has 0 heterocycles. The highest BCUT2D eigenvalue weighted by Gasteiger charge is 2.65. The maximum atomic E-state index is 11.8. The zero-order valence-corrected chi connectivity index (χ0v) is 11.2. The molecule has 0 spiro atoms. The van der Waals surface area contributed by atoms with E-state index in [1.54, 1.807) is 6.92 Å². The predicted octanol–water partition coefficient (Wildman–Crippen LogP) is 2.08. The van der Waals surface area contributed by atoms with E-state index in [0.29, 0.717) is 30.8 Å². The van der Waals surface area contributed by atoms with Crippen LogP contribution in [0.2, 0.25) is 0 Å². The van der Waals surface area contributed by atoms with E-state index < -0.39 is 22.6 Å². The fraction of sp³-hybridized carbons (Fsp3) is 0.733. The van der Waals surface area contributed by atoms with Gasteiger partial charge in [-0.25, -0.2) is 4.79 Å². The van der Waals surface area contributed by atoms with Crippen molar-refractivity contribution in [1.82, 2.24) is 0 Å². The van der Waals surface area contributed by atoms with Crippen LogP contribution in [-0.4, -0.2) is 22.3 Å². The van der Waals surface area contributed by atoms with E-state index >= 15 is 0 Å². The molecule has 4 saturated carbocycles. The van der Waals surface area contributed by atoms with Crippen LogP contribution in [0.15, 0.2) is 12.2 Å². The zero-order chi connectivity index (χ0) is 13.9. The fourth-order valence-corrected chi connectivity index (χ4v) is 4.82. The SMILES string of the molecule is C=C(C)C(=O)OC12CC3CC(O)(CC(C#N)(C3)C1)C2. The number of esters is 1. The Bertz CT molecular complexity index is 508. The van der Waals surface area contributed by atoms with Gasteiger partial charge in [0.2, 0.25) is 0 Å². The zero-order valence-electron chi connectivity index (χ0n) is 11.2. The molecule has 4 fully saturated rings. The van der Waals surface area contributed by atoms with E-state index in [1.165, 1.54) is 0 Å². The molecule has 0 radical (unpaired) electrons. The molecule has 4 rings (SSSR count). The van der Waals surface area contributed by atoms with E-state index in [2.05, 4.69) is 12.6 Å². The first-order chi connectivity index (χ1) is 8.79. The summed E-state index contributed by atoms with van der Waals surface area (Å²) in [6, 6.07) is 2.39. The summed E-state index contributed by atoms with van der Waals surface area (Å²) in [6.45, 7) is 5.23. The number of rotatable bonds is 2. The van der Waals surface area contributed by atoms with Gasteiger partial charge in [0.05, 0.1) is 17.1 Å². The Kier molecular flexibility index (Phi) is 2.41. The van der Waals surface area contributed by atoms with Gasteiger partial charge in [-0.15, -0.1) is 0 Å². The van der Waals surface area contributed by atoms with Crippen LogP contribution in [0.5, 0.6) is 0 Å². The number of carbonyl (C=O) groups is 1. The Morgan fingerprint density at radius 3 is 2.68 bits per heavy atom. The van der Waals surface area contributed by atoms with Crippen LogP contribution in [0.25, 0.3) is 0 Å². The molecular formula is C15H19NO3. The first-order valence-corrected chi connectivity index (χ1v) is 6.82. The molecule has 102 valence electrons. The third kappa shape index (κ3) is 1.88.